The third-order valence-corrected chi connectivity index (χ3v) is 6.41. The summed E-state index contributed by atoms with van der Waals surface area (Å²) in [7, 11) is 0. The van der Waals surface area contributed by atoms with Crippen LogP contribution in [0.15, 0.2) is 57.1 Å². The molecule has 0 unspecified atom stereocenters. The molecule has 2 aromatic heterocycles. The van der Waals surface area contributed by atoms with Gasteiger partial charge in [-0.2, -0.15) is 0 Å². The highest BCUT2D eigenvalue weighted by molar-refractivity contribution is 7.13. The van der Waals surface area contributed by atoms with Gasteiger partial charge in [-0.15, -0.1) is 11.3 Å². The molecule has 4 nitrogen and oxygen atoms in total. The maximum atomic E-state index is 12.6. The standard InChI is InChI=1S/C22H18Cl2N2O2S/c1-3-26(4-2)15-7-5-14-9-16(22(27)28-20(14)11-15)21-25-19(12-29-21)13-6-8-17(23)18(24)10-13/h5-12H,3-4H2,1-2H3. The number of halogens is 2. The van der Waals surface area contributed by atoms with Gasteiger partial charge in [0, 0.05) is 41.2 Å². The number of hydrogen-bond acceptors (Lipinski definition) is 5. The molecule has 0 aliphatic carbocycles. The molecule has 0 amide bonds. The summed E-state index contributed by atoms with van der Waals surface area (Å²) in [6.07, 6.45) is 0. The van der Waals surface area contributed by atoms with Gasteiger partial charge in [-0.05, 0) is 44.2 Å². The van der Waals surface area contributed by atoms with Gasteiger partial charge >= 0.3 is 5.63 Å². The van der Waals surface area contributed by atoms with Crippen LogP contribution in [0.25, 0.3) is 32.8 Å². The maximum absolute atomic E-state index is 12.6. The Hall–Kier alpha value is -2.34. The smallest absolute Gasteiger partial charge is 0.346 e. The monoisotopic (exact) mass is 444 g/mol. The van der Waals surface area contributed by atoms with Crippen LogP contribution in [0.5, 0.6) is 0 Å². The van der Waals surface area contributed by atoms with Crippen LogP contribution >= 0.6 is 34.5 Å². The number of hydrogen-bond donors (Lipinski definition) is 0. The van der Waals surface area contributed by atoms with Gasteiger partial charge in [0.2, 0.25) is 0 Å². The molecule has 29 heavy (non-hydrogen) atoms. The number of anilines is 1. The zero-order valence-electron chi connectivity index (χ0n) is 15.9. The van der Waals surface area contributed by atoms with Crippen molar-refractivity contribution < 1.29 is 4.42 Å². The molecule has 0 saturated heterocycles. The number of fused-ring (bicyclic) bond motifs is 1. The van der Waals surface area contributed by atoms with Crippen LogP contribution in [0.1, 0.15) is 13.8 Å². The van der Waals surface area contributed by atoms with Gasteiger partial charge in [0.05, 0.1) is 21.3 Å². The average molecular weight is 445 g/mol. The molecule has 0 atom stereocenters. The normalized spacial score (nSPS) is 11.2. The van der Waals surface area contributed by atoms with Crippen LogP contribution in [0, 0.1) is 0 Å². The first-order valence-electron chi connectivity index (χ1n) is 9.24. The number of rotatable bonds is 5. The molecule has 0 aliphatic heterocycles. The molecule has 0 bridgehead atoms. The van der Waals surface area contributed by atoms with Gasteiger partial charge in [0.25, 0.3) is 0 Å². The van der Waals surface area contributed by atoms with E-state index >= 15 is 0 Å². The van der Waals surface area contributed by atoms with Gasteiger partial charge in [-0.3, -0.25) is 0 Å². The Morgan fingerprint density at radius 3 is 2.55 bits per heavy atom. The lowest BCUT2D eigenvalue weighted by molar-refractivity contribution is 0.563. The van der Waals surface area contributed by atoms with Crippen molar-refractivity contribution in [3.63, 3.8) is 0 Å². The van der Waals surface area contributed by atoms with E-state index in [1.807, 2.05) is 35.7 Å². The van der Waals surface area contributed by atoms with E-state index in [1.165, 1.54) is 11.3 Å². The molecule has 0 saturated carbocycles. The summed E-state index contributed by atoms with van der Waals surface area (Å²) in [6, 6.07) is 13.1. The van der Waals surface area contributed by atoms with Gasteiger partial charge in [0.1, 0.15) is 10.6 Å². The Labute approximate surface area is 182 Å². The van der Waals surface area contributed by atoms with Crippen LogP contribution < -0.4 is 10.5 Å². The lowest BCUT2D eigenvalue weighted by Crippen LogP contribution is -2.21. The third kappa shape index (κ3) is 3.90. The van der Waals surface area contributed by atoms with E-state index in [2.05, 4.69) is 23.7 Å². The van der Waals surface area contributed by atoms with E-state index in [0.717, 1.165) is 35.4 Å². The van der Waals surface area contributed by atoms with E-state index in [0.29, 0.717) is 26.2 Å². The Kier molecular flexibility index (Phi) is 5.63. The molecule has 4 rings (SSSR count). The van der Waals surface area contributed by atoms with Gasteiger partial charge in [-0.25, -0.2) is 9.78 Å². The predicted molar refractivity (Wildman–Crippen MR) is 123 cm³/mol. The molecule has 2 heterocycles. The second-order valence-electron chi connectivity index (χ2n) is 6.51. The third-order valence-electron chi connectivity index (χ3n) is 4.80. The fourth-order valence-electron chi connectivity index (χ4n) is 3.22. The lowest BCUT2D eigenvalue weighted by Gasteiger charge is -2.20. The molecule has 0 aliphatic rings. The first-order valence-corrected chi connectivity index (χ1v) is 10.9. The summed E-state index contributed by atoms with van der Waals surface area (Å²) in [5.41, 5.74) is 3.24. The van der Waals surface area contributed by atoms with Crippen molar-refractivity contribution in [2.24, 2.45) is 0 Å². The Morgan fingerprint density at radius 1 is 1.03 bits per heavy atom. The van der Waals surface area contributed by atoms with Gasteiger partial charge in [-0.1, -0.05) is 29.3 Å². The quantitative estimate of drug-likeness (QED) is 0.319. The van der Waals surface area contributed by atoms with E-state index in [1.54, 1.807) is 12.1 Å². The number of aromatic nitrogens is 1. The van der Waals surface area contributed by atoms with Crippen molar-refractivity contribution in [3.05, 3.63) is 68.3 Å². The van der Waals surface area contributed by atoms with Crippen molar-refractivity contribution in [1.29, 1.82) is 0 Å². The number of thiazole rings is 1. The van der Waals surface area contributed by atoms with Crippen molar-refractivity contribution in [2.45, 2.75) is 13.8 Å². The second kappa shape index (κ2) is 8.19. The van der Waals surface area contributed by atoms with E-state index in [9.17, 15) is 4.79 Å². The Balaban J connectivity index is 1.74. The van der Waals surface area contributed by atoms with Crippen molar-refractivity contribution >= 4 is 51.2 Å². The molecule has 0 spiro atoms. The highest BCUT2D eigenvalue weighted by atomic mass is 35.5. The predicted octanol–water partition coefficient (Wildman–Crippen LogP) is 6.74. The molecule has 4 aromatic rings. The van der Waals surface area contributed by atoms with Gasteiger partial charge < -0.3 is 9.32 Å². The summed E-state index contributed by atoms with van der Waals surface area (Å²) >= 11 is 13.5. The van der Waals surface area contributed by atoms with Crippen LogP contribution in [0.4, 0.5) is 5.69 Å². The fraction of sp³-hybridized carbons (Fsp3) is 0.182. The molecule has 7 heteroatoms. The zero-order chi connectivity index (χ0) is 20.5. The molecule has 148 valence electrons. The molecule has 2 aromatic carbocycles. The van der Waals surface area contributed by atoms with Crippen molar-refractivity contribution in [3.8, 4) is 21.8 Å². The molecule has 0 N–H and O–H groups in total. The van der Waals surface area contributed by atoms with E-state index in [4.69, 9.17) is 27.6 Å². The number of benzene rings is 2. The fourth-order valence-corrected chi connectivity index (χ4v) is 4.35. The first-order chi connectivity index (χ1) is 14.0. The van der Waals surface area contributed by atoms with E-state index in [-0.39, 0.29) is 0 Å². The first kappa shape index (κ1) is 20.0. The van der Waals surface area contributed by atoms with Crippen molar-refractivity contribution in [2.75, 3.05) is 18.0 Å². The SMILES string of the molecule is CCN(CC)c1ccc2cc(-c3nc(-c4ccc(Cl)c(Cl)c4)cs3)c(=O)oc2c1. The largest absolute Gasteiger partial charge is 0.422 e. The van der Waals surface area contributed by atoms with Gasteiger partial charge in [0.15, 0.2) is 0 Å². The summed E-state index contributed by atoms with van der Waals surface area (Å²) in [5, 5.41) is 4.32. The minimum Gasteiger partial charge on any atom is -0.422 e. The summed E-state index contributed by atoms with van der Waals surface area (Å²) < 4.78 is 5.62. The molecule has 0 fully saturated rings. The van der Waals surface area contributed by atoms with Crippen LogP contribution in [0.2, 0.25) is 10.0 Å². The Morgan fingerprint density at radius 2 is 1.83 bits per heavy atom. The van der Waals surface area contributed by atoms with Crippen LogP contribution in [-0.2, 0) is 0 Å². The Bertz CT molecular complexity index is 1250. The summed E-state index contributed by atoms with van der Waals surface area (Å²) in [4.78, 5) is 19.5. The lowest BCUT2D eigenvalue weighted by atomic mass is 10.1. The highest BCUT2D eigenvalue weighted by Crippen LogP contribution is 2.32. The number of nitrogens with zero attached hydrogens (tertiary/aromatic N) is 2. The van der Waals surface area contributed by atoms with Crippen LogP contribution in [-0.4, -0.2) is 18.1 Å². The minimum atomic E-state index is -0.399. The average Bonchev–Trinajstić information content (AvgIpc) is 3.20. The molecular weight excluding hydrogens is 427 g/mol. The molecule has 0 radical (unpaired) electrons. The topological polar surface area (TPSA) is 46.3 Å². The van der Waals surface area contributed by atoms with E-state index < -0.39 is 5.63 Å². The maximum Gasteiger partial charge on any atom is 0.346 e. The minimum absolute atomic E-state index is 0.399. The highest BCUT2D eigenvalue weighted by Gasteiger charge is 2.14. The zero-order valence-corrected chi connectivity index (χ0v) is 18.2. The summed E-state index contributed by atoms with van der Waals surface area (Å²) in [5.74, 6) is 0. The molecular formula is C22H18Cl2N2O2S. The second-order valence-corrected chi connectivity index (χ2v) is 8.18. The van der Waals surface area contributed by atoms with Crippen LogP contribution in [0.3, 0.4) is 0 Å². The summed E-state index contributed by atoms with van der Waals surface area (Å²) in [6.45, 7) is 5.98. The van der Waals surface area contributed by atoms with Crippen molar-refractivity contribution in [1.82, 2.24) is 4.98 Å².